The number of amides is 2. The first-order valence-electron chi connectivity index (χ1n) is 14.2. The van der Waals surface area contributed by atoms with Gasteiger partial charge in [0.15, 0.2) is 0 Å². The fourth-order valence-corrected chi connectivity index (χ4v) is 6.46. The lowest BCUT2D eigenvalue weighted by molar-refractivity contribution is -0.140. The molecule has 0 fully saturated rings. The third kappa shape index (κ3) is 8.40. The summed E-state index contributed by atoms with van der Waals surface area (Å²) in [6.45, 7) is 5.00. The Labute approximate surface area is 269 Å². The molecule has 4 aromatic rings. The van der Waals surface area contributed by atoms with Crippen molar-refractivity contribution >= 4 is 50.7 Å². The van der Waals surface area contributed by atoms with Crippen molar-refractivity contribution in [2.75, 3.05) is 10.8 Å². The number of aryl methyl sites for hydroxylation is 1. The molecule has 0 bridgehead atoms. The summed E-state index contributed by atoms with van der Waals surface area (Å²) in [4.78, 5) is 29.6. The monoisotopic (exact) mass is 651 g/mol. The molecule has 0 aromatic heterocycles. The van der Waals surface area contributed by atoms with E-state index in [4.69, 9.17) is 23.2 Å². The molecule has 1 N–H and O–H groups in total. The molecule has 0 saturated heterocycles. The van der Waals surface area contributed by atoms with Gasteiger partial charge in [-0.25, -0.2) is 8.42 Å². The molecule has 0 radical (unpaired) electrons. The van der Waals surface area contributed by atoms with Gasteiger partial charge in [0.05, 0.1) is 20.6 Å². The maximum absolute atomic E-state index is 14.4. The molecule has 4 aromatic carbocycles. The molecule has 0 aliphatic rings. The van der Waals surface area contributed by atoms with Crippen LogP contribution in [-0.2, 0) is 32.6 Å². The Balaban J connectivity index is 1.80. The van der Waals surface area contributed by atoms with Gasteiger partial charge < -0.3 is 10.2 Å². The van der Waals surface area contributed by atoms with Gasteiger partial charge in [0, 0.05) is 19.0 Å². The number of para-hydroxylation sites is 1. The summed E-state index contributed by atoms with van der Waals surface area (Å²) in [5.74, 6) is -0.916. The average molecular weight is 653 g/mol. The molecule has 0 aliphatic heterocycles. The molecule has 0 saturated carbocycles. The second-order valence-corrected chi connectivity index (χ2v) is 13.5. The number of carbonyl (C=O) groups is 2. The highest BCUT2D eigenvalue weighted by Gasteiger charge is 2.34. The number of benzene rings is 4. The average Bonchev–Trinajstić information content (AvgIpc) is 3.00. The lowest BCUT2D eigenvalue weighted by atomic mass is 10.0. The number of carbonyl (C=O) groups excluding carboxylic acids is 2. The van der Waals surface area contributed by atoms with Gasteiger partial charge in [-0.2, -0.15) is 0 Å². The smallest absolute Gasteiger partial charge is 0.264 e. The molecule has 0 spiro atoms. The van der Waals surface area contributed by atoms with E-state index in [9.17, 15) is 18.0 Å². The summed E-state index contributed by atoms with van der Waals surface area (Å²) in [6.07, 6.45) is 0.211. The predicted octanol–water partition coefficient (Wildman–Crippen LogP) is 6.66. The lowest BCUT2D eigenvalue weighted by Crippen LogP contribution is -2.54. The van der Waals surface area contributed by atoms with Crippen LogP contribution in [0.25, 0.3) is 0 Å². The molecule has 1 unspecified atom stereocenters. The van der Waals surface area contributed by atoms with Crippen LogP contribution >= 0.6 is 23.2 Å². The minimum Gasteiger partial charge on any atom is -0.352 e. The summed E-state index contributed by atoms with van der Waals surface area (Å²) in [5, 5.41) is 3.59. The van der Waals surface area contributed by atoms with Crippen LogP contribution < -0.4 is 9.62 Å². The van der Waals surface area contributed by atoms with Crippen molar-refractivity contribution in [2.45, 2.75) is 50.7 Å². The van der Waals surface area contributed by atoms with Gasteiger partial charge in [-0.1, -0.05) is 95.5 Å². The first kappa shape index (κ1) is 33.1. The number of anilines is 1. The first-order valence-corrected chi connectivity index (χ1v) is 16.4. The standard InChI is InChI=1S/C34H35Cl2N3O4S/c1-24(2)37-34(41)32(21-26-10-6-4-7-11-26)38(22-27-16-19-30(35)31(36)20-27)33(40)23-39(28-12-8-5-9-13-28)44(42,43)29-17-14-25(3)15-18-29/h4-20,24,32H,21-23H2,1-3H3,(H,37,41). The summed E-state index contributed by atoms with van der Waals surface area (Å²) in [5.41, 5.74) is 2.70. The van der Waals surface area contributed by atoms with Gasteiger partial charge >= 0.3 is 0 Å². The van der Waals surface area contributed by atoms with Gasteiger partial charge in [0.2, 0.25) is 11.8 Å². The fraction of sp³-hybridized carbons (Fsp3) is 0.235. The van der Waals surface area contributed by atoms with Crippen LogP contribution in [0.1, 0.15) is 30.5 Å². The van der Waals surface area contributed by atoms with Crippen molar-refractivity contribution in [2.24, 2.45) is 0 Å². The number of hydrogen-bond acceptors (Lipinski definition) is 4. The minimum absolute atomic E-state index is 0.00799. The lowest BCUT2D eigenvalue weighted by Gasteiger charge is -2.34. The van der Waals surface area contributed by atoms with E-state index >= 15 is 0 Å². The number of nitrogens with one attached hydrogen (secondary N) is 1. The Kier molecular flexibility index (Phi) is 11.1. The quantitative estimate of drug-likeness (QED) is 0.186. The van der Waals surface area contributed by atoms with E-state index in [0.717, 1.165) is 15.4 Å². The van der Waals surface area contributed by atoms with Crippen LogP contribution in [-0.4, -0.2) is 43.8 Å². The van der Waals surface area contributed by atoms with Gasteiger partial charge in [-0.05, 0) is 68.3 Å². The summed E-state index contributed by atoms with van der Waals surface area (Å²) in [6, 6.07) is 28.1. The van der Waals surface area contributed by atoms with Crippen molar-refractivity contribution in [3.63, 3.8) is 0 Å². The number of sulfonamides is 1. The van der Waals surface area contributed by atoms with Crippen LogP contribution in [0.4, 0.5) is 5.69 Å². The molecule has 1 atom stereocenters. The van der Waals surface area contributed by atoms with Gasteiger partial charge in [0.25, 0.3) is 10.0 Å². The van der Waals surface area contributed by atoms with E-state index in [0.29, 0.717) is 21.3 Å². The number of nitrogens with zero attached hydrogens (tertiary/aromatic N) is 2. The second-order valence-electron chi connectivity index (χ2n) is 10.8. The van der Waals surface area contributed by atoms with Crippen molar-refractivity contribution in [3.8, 4) is 0 Å². The van der Waals surface area contributed by atoms with E-state index in [1.807, 2.05) is 51.1 Å². The Morgan fingerprint density at radius 2 is 1.41 bits per heavy atom. The zero-order valence-electron chi connectivity index (χ0n) is 24.8. The number of hydrogen-bond donors (Lipinski definition) is 1. The maximum atomic E-state index is 14.4. The fourth-order valence-electron chi connectivity index (χ4n) is 4.73. The third-order valence-electron chi connectivity index (χ3n) is 6.97. The predicted molar refractivity (Wildman–Crippen MR) is 176 cm³/mol. The van der Waals surface area contributed by atoms with Crippen LogP contribution in [0.5, 0.6) is 0 Å². The molecule has 7 nitrogen and oxygen atoms in total. The van der Waals surface area contributed by atoms with Crippen LogP contribution in [0, 0.1) is 6.92 Å². The highest BCUT2D eigenvalue weighted by Crippen LogP contribution is 2.27. The summed E-state index contributed by atoms with van der Waals surface area (Å²) < 4.78 is 29.1. The zero-order chi connectivity index (χ0) is 31.9. The molecule has 2 amide bonds. The Hall–Kier alpha value is -3.85. The molecule has 230 valence electrons. The highest BCUT2D eigenvalue weighted by molar-refractivity contribution is 7.92. The van der Waals surface area contributed by atoms with Crippen molar-refractivity contribution in [3.05, 3.63) is 130 Å². The second kappa shape index (κ2) is 14.8. The Bertz CT molecular complexity index is 1680. The van der Waals surface area contributed by atoms with Gasteiger partial charge in [-0.3, -0.25) is 13.9 Å². The molecule has 0 aliphatic carbocycles. The molecule has 4 rings (SSSR count). The molecular formula is C34H35Cl2N3O4S. The van der Waals surface area contributed by atoms with Crippen LogP contribution in [0.15, 0.2) is 108 Å². The molecule has 10 heteroatoms. The first-order chi connectivity index (χ1) is 21.0. The van der Waals surface area contributed by atoms with Crippen molar-refractivity contribution < 1.29 is 18.0 Å². The minimum atomic E-state index is -4.16. The van der Waals surface area contributed by atoms with Crippen LogP contribution in [0.2, 0.25) is 10.0 Å². The zero-order valence-corrected chi connectivity index (χ0v) is 27.1. The summed E-state index contributed by atoms with van der Waals surface area (Å²) in [7, 11) is -4.16. The van der Waals surface area contributed by atoms with E-state index in [1.54, 1.807) is 60.7 Å². The van der Waals surface area contributed by atoms with E-state index in [2.05, 4.69) is 5.32 Å². The van der Waals surface area contributed by atoms with Crippen molar-refractivity contribution in [1.29, 1.82) is 0 Å². The van der Waals surface area contributed by atoms with E-state index < -0.39 is 28.5 Å². The number of halogens is 2. The summed E-state index contributed by atoms with van der Waals surface area (Å²) >= 11 is 12.5. The normalized spacial score (nSPS) is 12.0. The number of rotatable bonds is 12. The van der Waals surface area contributed by atoms with Crippen molar-refractivity contribution in [1.82, 2.24) is 10.2 Å². The topological polar surface area (TPSA) is 86.8 Å². The Morgan fingerprint density at radius 1 is 0.795 bits per heavy atom. The van der Waals surface area contributed by atoms with E-state index in [1.165, 1.54) is 17.0 Å². The SMILES string of the molecule is Cc1ccc(S(=O)(=O)N(CC(=O)N(Cc2ccc(Cl)c(Cl)c2)C(Cc2ccccc2)C(=O)NC(C)C)c2ccccc2)cc1. The maximum Gasteiger partial charge on any atom is 0.264 e. The highest BCUT2D eigenvalue weighted by atomic mass is 35.5. The largest absolute Gasteiger partial charge is 0.352 e. The molecule has 44 heavy (non-hydrogen) atoms. The molecular weight excluding hydrogens is 617 g/mol. The molecule has 0 heterocycles. The van der Waals surface area contributed by atoms with E-state index in [-0.39, 0.29) is 29.8 Å². The Morgan fingerprint density at radius 3 is 2.00 bits per heavy atom. The van der Waals surface area contributed by atoms with Crippen LogP contribution in [0.3, 0.4) is 0 Å². The third-order valence-corrected chi connectivity index (χ3v) is 9.50. The van der Waals surface area contributed by atoms with Gasteiger partial charge in [-0.15, -0.1) is 0 Å². The van der Waals surface area contributed by atoms with Gasteiger partial charge in [0.1, 0.15) is 12.6 Å².